The predicted molar refractivity (Wildman–Crippen MR) is 48.9 cm³/mol. The number of carbonyl (C=O) groups excluding carboxylic acids is 1. The number of pyridine rings is 1. The van der Waals surface area contributed by atoms with Crippen LogP contribution >= 0.6 is 0 Å². The van der Waals surface area contributed by atoms with Crippen molar-refractivity contribution in [2.45, 2.75) is 0 Å². The Hall–Kier alpha value is -2.24. The van der Waals surface area contributed by atoms with Crippen molar-refractivity contribution in [3.63, 3.8) is 0 Å². The van der Waals surface area contributed by atoms with Gasteiger partial charge in [-0.1, -0.05) is 6.07 Å². The number of carbonyl (C=O) groups is 1. The van der Waals surface area contributed by atoms with Gasteiger partial charge in [0.2, 0.25) is 0 Å². The molecule has 15 heavy (non-hydrogen) atoms. The van der Waals surface area contributed by atoms with Crippen LogP contribution in [-0.2, 0) is 4.74 Å². The van der Waals surface area contributed by atoms with Gasteiger partial charge in [0.15, 0.2) is 0 Å². The van der Waals surface area contributed by atoms with E-state index < -0.39 is 5.97 Å². The van der Waals surface area contributed by atoms with Crippen LogP contribution in [0.3, 0.4) is 0 Å². The Morgan fingerprint density at radius 2 is 2.33 bits per heavy atom. The van der Waals surface area contributed by atoms with Gasteiger partial charge < -0.3 is 9.26 Å². The summed E-state index contributed by atoms with van der Waals surface area (Å²) < 4.78 is 9.29. The lowest BCUT2D eigenvalue weighted by molar-refractivity contribution is 0.0583. The van der Waals surface area contributed by atoms with E-state index in [9.17, 15) is 4.79 Å². The molecule has 0 radical (unpaired) electrons. The molecule has 0 unspecified atom stereocenters. The van der Waals surface area contributed by atoms with Crippen molar-refractivity contribution in [2.75, 3.05) is 7.11 Å². The van der Waals surface area contributed by atoms with E-state index in [1.54, 1.807) is 24.4 Å². The average Bonchev–Trinajstić information content (AvgIpc) is 2.78. The summed E-state index contributed by atoms with van der Waals surface area (Å²) in [6.07, 6.45) is 1.59. The summed E-state index contributed by atoms with van der Waals surface area (Å²) >= 11 is 0. The molecule has 2 rings (SSSR count). The molecule has 76 valence electrons. The van der Waals surface area contributed by atoms with Gasteiger partial charge in [0, 0.05) is 6.20 Å². The lowest BCUT2D eigenvalue weighted by Gasteiger charge is -1.89. The molecule has 0 fully saturated rings. The predicted octanol–water partition coefficient (Wildman–Crippen LogP) is 0.918. The van der Waals surface area contributed by atoms with Gasteiger partial charge in [-0.2, -0.15) is 4.98 Å². The lowest BCUT2D eigenvalue weighted by Crippen LogP contribution is -2.03. The fraction of sp³-hybridized carbons (Fsp3) is 0.111. The molecule has 0 aromatic carbocycles. The molecular weight excluding hydrogens is 198 g/mol. The second kappa shape index (κ2) is 3.87. The first-order chi connectivity index (χ1) is 7.31. The molecule has 0 bridgehead atoms. The zero-order valence-corrected chi connectivity index (χ0v) is 7.88. The van der Waals surface area contributed by atoms with Crippen molar-refractivity contribution in [3.05, 3.63) is 30.2 Å². The van der Waals surface area contributed by atoms with Gasteiger partial charge in [-0.3, -0.25) is 4.98 Å². The Morgan fingerprint density at radius 3 is 3.00 bits per heavy atom. The van der Waals surface area contributed by atoms with Crippen LogP contribution < -0.4 is 0 Å². The van der Waals surface area contributed by atoms with Gasteiger partial charge in [0.25, 0.3) is 11.7 Å². The third-order valence-corrected chi connectivity index (χ3v) is 1.68. The number of nitrogens with zero attached hydrogens (tertiary/aromatic N) is 3. The maximum Gasteiger partial charge on any atom is 0.379 e. The summed E-state index contributed by atoms with van der Waals surface area (Å²) in [6.45, 7) is 0. The molecule has 6 heteroatoms. The number of esters is 1. The largest absolute Gasteiger partial charge is 0.463 e. The maximum absolute atomic E-state index is 11.0. The molecule has 0 saturated carbocycles. The molecule has 2 heterocycles. The Labute approximate surface area is 84.9 Å². The van der Waals surface area contributed by atoms with Crippen molar-refractivity contribution >= 4 is 5.97 Å². The Morgan fingerprint density at radius 1 is 1.47 bits per heavy atom. The topological polar surface area (TPSA) is 78.1 Å². The Kier molecular flexibility index (Phi) is 2.40. The molecule has 0 amide bonds. The van der Waals surface area contributed by atoms with E-state index in [1.807, 2.05) is 0 Å². The zero-order valence-electron chi connectivity index (χ0n) is 7.88. The van der Waals surface area contributed by atoms with E-state index in [0.717, 1.165) is 0 Å². The van der Waals surface area contributed by atoms with Crippen LogP contribution in [-0.4, -0.2) is 28.2 Å². The van der Waals surface area contributed by atoms with E-state index in [4.69, 9.17) is 4.52 Å². The fourth-order valence-electron chi connectivity index (χ4n) is 0.991. The highest BCUT2D eigenvalue weighted by atomic mass is 16.5. The number of aromatic nitrogens is 3. The molecule has 0 N–H and O–H groups in total. The third-order valence-electron chi connectivity index (χ3n) is 1.68. The first-order valence-corrected chi connectivity index (χ1v) is 4.14. The van der Waals surface area contributed by atoms with E-state index in [1.165, 1.54) is 7.11 Å². The molecule has 0 spiro atoms. The number of methoxy groups -OCH3 is 1. The van der Waals surface area contributed by atoms with Crippen LogP contribution in [0.4, 0.5) is 0 Å². The number of rotatable bonds is 2. The molecule has 2 aromatic heterocycles. The summed E-state index contributed by atoms with van der Waals surface area (Å²) in [5, 5.41) is 3.46. The normalized spacial score (nSPS) is 9.93. The van der Waals surface area contributed by atoms with Crippen LogP contribution in [0.2, 0.25) is 0 Å². The number of ether oxygens (including phenoxy) is 1. The highest BCUT2D eigenvalue weighted by Crippen LogP contribution is 2.13. The Bertz CT molecular complexity index is 466. The summed E-state index contributed by atoms with van der Waals surface area (Å²) in [5.74, 6) is -0.560. The SMILES string of the molecule is COC(=O)c1noc(-c2ccccn2)n1. The first-order valence-electron chi connectivity index (χ1n) is 4.14. The fourth-order valence-corrected chi connectivity index (χ4v) is 0.991. The third kappa shape index (κ3) is 1.83. The van der Waals surface area contributed by atoms with Gasteiger partial charge in [0.05, 0.1) is 7.11 Å². The maximum atomic E-state index is 11.0. The summed E-state index contributed by atoms with van der Waals surface area (Å²) in [5.41, 5.74) is 0.514. The smallest absolute Gasteiger partial charge is 0.379 e. The van der Waals surface area contributed by atoms with Crippen molar-refractivity contribution < 1.29 is 14.1 Å². The standard InChI is InChI=1S/C9H7N3O3/c1-14-9(13)7-11-8(15-12-7)6-4-2-3-5-10-6/h2-5H,1H3. The molecule has 0 aliphatic heterocycles. The van der Waals surface area contributed by atoms with Crippen LogP contribution in [0.5, 0.6) is 0 Å². The van der Waals surface area contributed by atoms with Gasteiger partial charge >= 0.3 is 5.97 Å². The molecule has 0 aliphatic rings. The second-order valence-electron chi connectivity index (χ2n) is 2.63. The van der Waals surface area contributed by atoms with Crippen molar-refractivity contribution in [3.8, 4) is 11.6 Å². The van der Waals surface area contributed by atoms with Gasteiger partial charge in [-0.05, 0) is 17.3 Å². The van der Waals surface area contributed by atoms with E-state index in [0.29, 0.717) is 5.69 Å². The van der Waals surface area contributed by atoms with Crippen LogP contribution in [0.1, 0.15) is 10.6 Å². The minimum Gasteiger partial charge on any atom is -0.463 e. The van der Waals surface area contributed by atoms with Gasteiger partial charge in [-0.15, -0.1) is 0 Å². The van der Waals surface area contributed by atoms with Crippen molar-refractivity contribution in [1.82, 2.24) is 15.1 Å². The second-order valence-corrected chi connectivity index (χ2v) is 2.63. The number of hydrogen-bond acceptors (Lipinski definition) is 6. The van der Waals surface area contributed by atoms with Crippen LogP contribution in [0.15, 0.2) is 28.9 Å². The molecule has 0 saturated heterocycles. The van der Waals surface area contributed by atoms with E-state index in [2.05, 4.69) is 19.9 Å². The molecule has 0 atom stereocenters. The monoisotopic (exact) mass is 205 g/mol. The molecule has 6 nitrogen and oxygen atoms in total. The summed E-state index contributed by atoms with van der Waals surface area (Å²) in [4.78, 5) is 18.9. The minimum absolute atomic E-state index is 0.113. The van der Waals surface area contributed by atoms with Crippen molar-refractivity contribution in [2.24, 2.45) is 0 Å². The quantitative estimate of drug-likeness (QED) is 0.678. The highest BCUT2D eigenvalue weighted by Gasteiger charge is 2.15. The zero-order chi connectivity index (χ0) is 10.7. The molecule has 2 aromatic rings. The van der Waals surface area contributed by atoms with Crippen LogP contribution in [0.25, 0.3) is 11.6 Å². The first kappa shape index (κ1) is 9.32. The summed E-state index contributed by atoms with van der Waals surface area (Å²) in [7, 11) is 1.25. The van der Waals surface area contributed by atoms with Crippen molar-refractivity contribution in [1.29, 1.82) is 0 Å². The van der Waals surface area contributed by atoms with E-state index in [-0.39, 0.29) is 11.7 Å². The molecular formula is C9H7N3O3. The van der Waals surface area contributed by atoms with Gasteiger partial charge in [-0.25, -0.2) is 4.79 Å². The lowest BCUT2D eigenvalue weighted by atomic mass is 10.3. The van der Waals surface area contributed by atoms with Crippen LogP contribution in [0, 0.1) is 0 Å². The van der Waals surface area contributed by atoms with E-state index >= 15 is 0 Å². The average molecular weight is 205 g/mol. The summed E-state index contributed by atoms with van der Waals surface area (Å²) in [6, 6.07) is 5.25. The molecule has 0 aliphatic carbocycles. The highest BCUT2D eigenvalue weighted by molar-refractivity contribution is 5.85. The minimum atomic E-state index is -0.638. The Balaban J connectivity index is 2.32. The number of hydrogen-bond donors (Lipinski definition) is 0. The van der Waals surface area contributed by atoms with Gasteiger partial charge in [0.1, 0.15) is 5.69 Å².